The van der Waals surface area contributed by atoms with Crippen molar-refractivity contribution in [3.63, 3.8) is 0 Å². The largest absolute Gasteiger partial charge is 0.394 e. The maximum absolute atomic E-state index is 9.75. The fourth-order valence-electron chi connectivity index (χ4n) is 1.66. The molecule has 6 heteroatoms. The van der Waals surface area contributed by atoms with Crippen LogP contribution in [0.5, 0.6) is 0 Å². The second-order valence-corrected chi connectivity index (χ2v) is 4.91. The first-order valence-electron chi connectivity index (χ1n) is 5.34. The Kier molecular flexibility index (Phi) is 6.02. The lowest BCUT2D eigenvalue weighted by atomic mass is 9.92. The highest BCUT2D eigenvalue weighted by Gasteiger charge is 2.42. The fraction of sp³-hybridized carbons (Fsp3) is 1.00. The maximum atomic E-state index is 9.75. The van der Waals surface area contributed by atoms with Gasteiger partial charge in [-0.2, -0.15) is 11.8 Å². The predicted molar refractivity (Wildman–Crippen MR) is 61.3 cm³/mol. The zero-order valence-corrected chi connectivity index (χ0v) is 10.4. The Morgan fingerprint density at radius 3 is 2.56 bits per heavy atom. The molecule has 1 aliphatic heterocycles. The van der Waals surface area contributed by atoms with Crippen molar-refractivity contribution in [2.45, 2.75) is 31.5 Å². The summed E-state index contributed by atoms with van der Waals surface area (Å²) in [6.07, 6.45) is -1.34. The molecule has 1 fully saturated rings. The van der Waals surface area contributed by atoms with Crippen LogP contribution in [0.4, 0.5) is 0 Å². The molecule has 5 nitrogen and oxygen atoms in total. The third kappa shape index (κ3) is 3.32. The van der Waals surface area contributed by atoms with Gasteiger partial charge in [-0.05, 0) is 6.26 Å². The van der Waals surface area contributed by atoms with Crippen molar-refractivity contribution in [3.8, 4) is 0 Å². The summed E-state index contributed by atoms with van der Waals surface area (Å²) < 4.78 is 10.8. The fourth-order valence-corrected chi connectivity index (χ4v) is 1.92. The van der Waals surface area contributed by atoms with E-state index >= 15 is 0 Å². The number of rotatable bonds is 5. The number of aliphatic hydroxyl groups excluding tert-OH is 3. The first-order valence-corrected chi connectivity index (χ1v) is 6.74. The summed E-state index contributed by atoms with van der Waals surface area (Å²) in [4.78, 5) is 0. The van der Waals surface area contributed by atoms with E-state index in [-0.39, 0.29) is 12.5 Å². The summed E-state index contributed by atoms with van der Waals surface area (Å²) >= 11 is 1.66. The number of aliphatic hydroxyl groups is 3. The Hall–Kier alpha value is 0.150. The normalized spacial score (nSPS) is 39.9. The summed E-state index contributed by atoms with van der Waals surface area (Å²) in [5.41, 5.74) is 0. The van der Waals surface area contributed by atoms with Gasteiger partial charge in [-0.3, -0.25) is 0 Å². The molecule has 0 aromatic carbocycles. The quantitative estimate of drug-likeness (QED) is 0.569. The van der Waals surface area contributed by atoms with Crippen LogP contribution in [0, 0.1) is 5.92 Å². The Labute approximate surface area is 99.8 Å². The minimum atomic E-state index is -1.06. The lowest BCUT2D eigenvalue weighted by Crippen LogP contribution is -2.55. The van der Waals surface area contributed by atoms with Crippen LogP contribution in [0.15, 0.2) is 0 Å². The maximum Gasteiger partial charge on any atom is 0.163 e. The topological polar surface area (TPSA) is 79.2 Å². The number of thioether (sulfide) groups is 1. The van der Waals surface area contributed by atoms with Crippen molar-refractivity contribution < 1.29 is 24.8 Å². The Morgan fingerprint density at radius 1 is 1.31 bits per heavy atom. The van der Waals surface area contributed by atoms with Gasteiger partial charge < -0.3 is 24.8 Å². The van der Waals surface area contributed by atoms with E-state index in [0.717, 1.165) is 5.75 Å². The van der Waals surface area contributed by atoms with Gasteiger partial charge in [0.25, 0.3) is 0 Å². The van der Waals surface area contributed by atoms with Gasteiger partial charge >= 0.3 is 0 Å². The molecule has 0 spiro atoms. The van der Waals surface area contributed by atoms with Crippen molar-refractivity contribution in [3.05, 3.63) is 0 Å². The van der Waals surface area contributed by atoms with Crippen molar-refractivity contribution >= 4 is 11.8 Å². The molecule has 1 aliphatic rings. The minimum absolute atomic E-state index is 0.306. The monoisotopic (exact) mass is 252 g/mol. The lowest BCUT2D eigenvalue weighted by Gasteiger charge is -2.40. The molecular weight excluding hydrogens is 232 g/mol. The molecule has 96 valence electrons. The summed E-state index contributed by atoms with van der Waals surface area (Å²) in [7, 11) is 0. The molecule has 5 unspecified atom stereocenters. The molecule has 3 N–H and O–H groups in total. The predicted octanol–water partition coefficient (Wildman–Crippen LogP) is -0.559. The van der Waals surface area contributed by atoms with E-state index in [1.807, 2.05) is 6.26 Å². The SMILES string of the molecule is CSCCOC1OC(CO)C(O)C(O)C1C. The highest BCUT2D eigenvalue weighted by Crippen LogP contribution is 2.26. The van der Waals surface area contributed by atoms with Crippen molar-refractivity contribution in [2.75, 3.05) is 25.2 Å². The van der Waals surface area contributed by atoms with Gasteiger partial charge in [0.05, 0.1) is 19.3 Å². The molecule has 5 atom stereocenters. The average molecular weight is 252 g/mol. The number of hydrogen-bond donors (Lipinski definition) is 3. The zero-order chi connectivity index (χ0) is 12.1. The minimum Gasteiger partial charge on any atom is -0.394 e. The first kappa shape index (κ1) is 14.2. The highest BCUT2D eigenvalue weighted by atomic mass is 32.2. The molecule has 0 bridgehead atoms. The van der Waals surface area contributed by atoms with Crippen molar-refractivity contribution in [1.82, 2.24) is 0 Å². The second-order valence-electron chi connectivity index (χ2n) is 3.93. The summed E-state index contributed by atoms with van der Waals surface area (Å²) in [6.45, 7) is 1.95. The van der Waals surface area contributed by atoms with E-state index in [4.69, 9.17) is 14.6 Å². The van der Waals surface area contributed by atoms with Crippen LogP contribution >= 0.6 is 11.8 Å². The van der Waals surface area contributed by atoms with Crippen LogP contribution in [0.1, 0.15) is 6.92 Å². The molecule has 0 radical (unpaired) electrons. The van der Waals surface area contributed by atoms with Gasteiger partial charge in [-0.1, -0.05) is 6.92 Å². The third-order valence-corrected chi connectivity index (χ3v) is 3.33. The van der Waals surface area contributed by atoms with Crippen LogP contribution in [0.25, 0.3) is 0 Å². The Balaban J connectivity index is 2.50. The summed E-state index contributed by atoms with van der Waals surface area (Å²) in [5, 5.41) is 28.3. The van der Waals surface area contributed by atoms with Gasteiger partial charge in [-0.25, -0.2) is 0 Å². The molecular formula is C10H20O5S. The van der Waals surface area contributed by atoms with Crippen LogP contribution in [0.2, 0.25) is 0 Å². The number of ether oxygens (including phenoxy) is 2. The molecule has 0 aromatic rings. The highest BCUT2D eigenvalue weighted by molar-refractivity contribution is 7.98. The van der Waals surface area contributed by atoms with E-state index in [0.29, 0.717) is 6.61 Å². The van der Waals surface area contributed by atoms with E-state index < -0.39 is 24.6 Å². The second kappa shape index (κ2) is 6.78. The number of hydrogen-bond acceptors (Lipinski definition) is 6. The van der Waals surface area contributed by atoms with Gasteiger partial charge in [0.1, 0.15) is 12.2 Å². The van der Waals surface area contributed by atoms with E-state index in [1.54, 1.807) is 18.7 Å². The molecule has 1 saturated heterocycles. The Bertz CT molecular complexity index is 202. The summed E-state index contributed by atoms with van der Waals surface area (Å²) in [6, 6.07) is 0. The smallest absolute Gasteiger partial charge is 0.163 e. The third-order valence-electron chi connectivity index (χ3n) is 2.76. The molecule has 0 amide bonds. The molecule has 0 aliphatic carbocycles. The van der Waals surface area contributed by atoms with E-state index in [1.165, 1.54) is 0 Å². The van der Waals surface area contributed by atoms with Gasteiger partial charge in [0.15, 0.2) is 6.29 Å². The van der Waals surface area contributed by atoms with Crippen molar-refractivity contribution in [2.24, 2.45) is 5.92 Å². The van der Waals surface area contributed by atoms with Crippen LogP contribution in [-0.4, -0.2) is 65.1 Å². The first-order chi connectivity index (χ1) is 7.61. The molecule has 1 rings (SSSR count). The van der Waals surface area contributed by atoms with Gasteiger partial charge in [0, 0.05) is 11.7 Å². The standard InChI is InChI=1S/C10H20O5S/c1-6-8(12)9(13)7(5-11)15-10(6)14-3-4-16-2/h6-13H,3-5H2,1-2H3. The van der Waals surface area contributed by atoms with E-state index in [2.05, 4.69) is 0 Å². The molecule has 1 heterocycles. The lowest BCUT2D eigenvalue weighted by molar-refractivity contribution is -0.280. The van der Waals surface area contributed by atoms with E-state index in [9.17, 15) is 10.2 Å². The van der Waals surface area contributed by atoms with Crippen LogP contribution in [-0.2, 0) is 9.47 Å². The van der Waals surface area contributed by atoms with Gasteiger partial charge in [-0.15, -0.1) is 0 Å². The molecule has 0 saturated carbocycles. The van der Waals surface area contributed by atoms with Gasteiger partial charge in [0.2, 0.25) is 0 Å². The Morgan fingerprint density at radius 2 is 2.00 bits per heavy atom. The van der Waals surface area contributed by atoms with Crippen LogP contribution < -0.4 is 0 Å². The summed E-state index contributed by atoms with van der Waals surface area (Å²) in [5.74, 6) is 0.536. The molecule has 0 aromatic heterocycles. The van der Waals surface area contributed by atoms with Crippen LogP contribution in [0.3, 0.4) is 0 Å². The molecule has 16 heavy (non-hydrogen) atoms. The van der Waals surface area contributed by atoms with Crippen molar-refractivity contribution in [1.29, 1.82) is 0 Å². The average Bonchev–Trinajstić information content (AvgIpc) is 2.29. The zero-order valence-electron chi connectivity index (χ0n) is 9.57.